The van der Waals surface area contributed by atoms with Gasteiger partial charge in [-0.25, -0.2) is 0 Å². The maximum Gasteiger partial charge on any atom is 0.156 e. The summed E-state index contributed by atoms with van der Waals surface area (Å²) in [6.07, 6.45) is 1.40. The summed E-state index contributed by atoms with van der Waals surface area (Å²) < 4.78 is 0. The highest BCUT2D eigenvalue weighted by molar-refractivity contribution is 5.90. The number of carbonyl (C=O) groups excluding carboxylic acids is 2. The summed E-state index contributed by atoms with van der Waals surface area (Å²) in [5, 5.41) is 1.55. The van der Waals surface area contributed by atoms with Gasteiger partial charge in [-0.15, -0.1) is 0 Å². The quantitative estimate of drug-likeness (QED) is 0.419. The van der Waals surface area contributed by atoms with E-state index in [-0.39, 0.29) is 0 Å². The molecule has 5 nitrogen and oxygen atoms in total. The van der Waals surface area contributed by atoms with Crippen molar-refractivity contribution in [1.82, 2.24) is 0 Å². The van der Waals surface area contributed by atoms with Crippen molar-refractivity contribution in [2.75, 3.05) is 10.8 Å². The van der Waals surface area contributed by atoms with Crippen molar-refractivity contribution < 1.29 is 14.4 Å². The SMILES string of the molecule is Nc1ccc(ON(c2ccccc2)c2ccc(C=O)cc2C=O)cc1. The van der Waals surface area contributed by atoms with Gasteiger partial charge < -0.3 is 10.6 Å². The van der Waals surface area contributed by atoms with E-state index in [0.29, 0.717) is 40.8 Å². The first-order valence-corrected chi connectivity index (χ1v) is 7.64. The van der Waals surface area contributed by atoms with Crippen molar-refractivity contribution in [2.45, 2.75) is 0 Å². The van der Waals surface area contributed by atoms with Gasteiger partial charge in [0.1, 0.15) is 6.29 Å². The molecule has 3 aromatic rings. The van der Waals surface area contributed by atoms with E-state index >= 15 is 0 Å². The molecule has 0 aromatic heterocycles. The highest BCUT2D eigenvalue weighted by atomic mass is 16.7. The number of carbonyl (C=O) groups is 2. The summed E-state index contributed by atoms with van der Waals surface area (Å²) >= 11 is 0. The van der Waals surface area contributed by atoms with Gasteiger partial charge in [-0.1, -0.05) is 18.2 Å². The number of hydrogen-bond donors (Lipinski definition) is 1. The Morgan fingerprint density at radius 3 is 2.20 bits per heavy atom. The van der Waals surface area contributed by atoms with Gasteiger partial charge in [-0.2, -0.15) is 5.06 Å². The molecule has 0 saturated heterocycles. The molecule has 25 heavy (non-hydrogen) atoms. The number of nitrogens with zero attached hydrogens (tertiary/aromatic N) is 1. The first-order chi connectivity index (χ1) is 12.2. The Kier molecular flexibility index (Phi) is 4.76. The lowest BCUT2D eigenvalue weighted by Gasteiger charge is -2.25. The van der Waals surface area contributed by atoms with Crippen molar-refractivity contribution in [3.8, 4) is 5.75 Å². The van der Waals surface area contributed by atoms with Crippen LogP contribution in [-0.4, -0.2) is 12.6 Å². The molecule has 0 bridgehead atoms. The summed E-state index contributed by atoms with van der Waals surface area (Å²) in [6, 6.07) is 21.1. The predicted molar refractivity (Wildman–Crippen MR) is 97.3 cm³/mol. The first-order valence-electron chi connectivity index (χ1n) is 7.64. The Labute approximate surface area is 145 Å². The molecule has 5 heteroatoms. The third-order valence-corrected chi connectivity index (χ3v) is 3.60. The monoisotopic (exact) mass is 332 g/mol. The first kappa shape index (κ1) is 16.3. The van der Waals surface area contributed by atoms with Gasteiger partial charge in [0.05, 0.1) is 11.4 Å². The zero-order valence-corrected chi connectivity index (χ0v) is 13.3. The minimum Gasteiger partial charge on any atom is -0.399 e. The van der Waals surface area contributed by atoms with Crippen LogP contribution in [0.2, 0.25) is 0 Å². The van der Waals surface area contributed by atoms with Gasteiger partial charge in [0.15, 0.2) is 12.0 Å². The lowest BCUT2D eigenvalue weighted by Crippen LogP contribution is -2.22. The van der Waals surface area contributed by atoms with Gasteiger partial charge in [0.2, 0.25) is 0 Å². The van der Waals surface area contributed by atoms with Crippen LogP contribution in [0.25, 0.3) is 0 Å². The van der Waals surface area contributed by atoms with Crippen LogP contribution in [0.15, 0.2) is 72.8 Å². The molecule has 0 unspecified atom stereocenters. The third-order valence-electron chi connectivity index (χ3n) is 3.60. The zero-order valence-electron chi connectivity index (χ0n) is 13.3. The minimum atomic E-state index is 0.351. The maximum atomic E-state index is 11.5. The second-order valence-corrected chi connectivity index (χ2v) is 5.34. The van der Waals surface area contributed by atoms with E-state index in [2.05, 4.69) is 0 Å². The fraction of sp³-hybridized carbons (Fsp3) is 0. The Hall–Kier alpha value is -3.60. The molecule has 0 aliphatic rings. The van der Waals surface area contributed by atoms with Crippen molar-refractivity contribution in [1.29, 1.82) is 0 Å². The highest BCUT2D eigenvalue weighted by Crippen LogP contribution is 2.30. The Bertz CT molecular complexity index is 877. The van der Waals surface area contributed by atoms with Gasteiger partial charge in [-0.05, 0) is 54.6 Å². The van der Waals surface area contributed by atoms with Crippen molar-refractivity contribution in [3.63, 3.8) is 0 Å². The third kappa shape index (κ3) is 3.67. The van der Waals surface area contributed by atoms with E-state index < -0.39 is 0 Å². The lowest BCUT2D eigenvalue weighted by atomic mass is 10.1. The molecule has 2 N–H and O–H groups in total. The number of rotatable bonds is 6. The molecule has 0 aliphatic carbocycles. The van der Waals surface area contributed by atoms with Gasteiger partial charge in [0, 0.05) is 16.8 Å². The van der Waals surface area contributed by atoms with E-state index in [4.69, 9.17) is 10.6 Å². The van der Waals surface area contributed by atoms with Gasteiger partial charge in [0.25, 0.3) is 0 Å². The molecule has 124 valence electrons. The molecule has 3 rings (SSSR count). The number of nitrogens with two attached hydrogens (primary N) is 1. The van der Waals surface area contributed by atoms with Crippen LogP contribution in [0.4, 0.5) is 17.1 Å². The van der Waals surface area contributed by atoms with Crippen molar-refractivity contribution >= 4 is 29.6 Å². The van der Waals surface area contributed by atoms with Crippen molar-refractivity contribution in [2.24, 2.45) is 0 Å². The smallest absolute Gasteiger partial charge is 0.156 e. The maximum absolute atomic E-state index is 11.5. The van der Waals surface area contributed by atoms with Gasteiger partial charge in [-0.3, -0.25) is 9.59 Å². The normalized spacial score (nSPS) is 10.1. The van der Waals surface area contributed by atoms with Crippen LogP contribution in [0.5, 0.6) is 5.75 Å². The van der Waals surface area contributed by atoms with E-state index in [1.54, 1.807) is 41.5 Å². The van der Waals surface area contributed by atoms with Crippen LogP contribution < -0.4 is 15.6 Å². The number of anilines is 3. The standard InChI is InChI=1S/C20H16N2O3/c21-17-7-9-19(10-8-17)25-22(18-4-2-1-3-5-18)20-11-6-15(13-23)12-16(20)14-24/h1-14H,21H2. The van der Waals surface area contributed by atoms with E-state index in [1.807, 2.05) is 30.3 Å². The van der Waals surface area contributed by atoms with E-state index in [9.17, 15) is 9.59 Å². The molecule has 0 radical (unpaired) electrons. The molecule has 3 aromatic carbocycles. The number of aldehydes is 2. The second kappa shape index (κ2) is 7.31. The highest BCUT2D eigenvalue weighted by Gasteiger charge is 2.16. The molecule has 0 amide bonds. The molecule has 0 atom stereocenters. The summed E-state index contributed by atoms with van der Waals surface area (Å²) in [5.41, 5.74) is 8.38. The number of nitrogen functional groups attached to an aromatic ring is 1. The fourth-order valence-corrected chi connectivity index (χ4v) is 2.36. The molecule has 0 spiro atoms. The number of hydrogen-bond acceptors (Lipinski definition) is 5. The predicted octanol–water partition coefficient (Wildman–Crippen LogP) is 4.03. The molecule has 0 fully saturated rings. The number of para-hydroxylation sites is 1. The molecule has 0 aliphatic heterocycles. The van der Waals surface area contributed by atoms with Crippen LogP contribution >= 0.6 is 0 Å². The summed E-state index contributed by atoms with van der Waals surface area (Å²) in [7, 11) is 0. The van der Waals surface area contributed by atoms with E-state index in [0.717, 1.165) is 5.69 Å². The Balaban J connectivity index is 2.06. The van der Waals surface area contributed by atoms with Crippen LogP contribution in [0, 0.1) is 0 Å². The molecular weight excluding hydrogens is 316 g/mol. The fourth-order valence-electron chi connectivity index (χ4n) is 2.36. The number of benzene rings is 3. The minimum absolute atomic E-state index is 0.351. The summed E-state index contributed by atoms with van der Waals surface area (Å²) in [6.45, 7) is 0. The average molecular weight is 332 g/mol. The van der Waals surface area contributed by atoms with Crippen LogP contribution in [0.3, 0.4) is 0 Å². The van der Waals surface area contributed by atoms with Crippen LogP contribution in [-0.2, 0) is 0 Å². The average Bonchev–Trinajstić information content (AvgIpc) is 2.68. The molecular formula is C20H16N2O3. The van der Waals surface area contributed by atoms with Crippen molar-refractivity contribution in [3.05, 3.63) is 83.9 Å². The Morgan fingerprint density at radius 2 is 1.56 bits per heavy atom. The molecule has 0 saturated carbocycles. The summed E-state index contributed by atoms with van der Waals surface area (Å²) in [4.78, 5) is 28.5. The van der Waals surface area contributed by atoms with E-state index in [1.165, 1.54) is 6.07 Å². The second-order valence-electron chi connectivity index (χ2n) is 5.34. The Morgan fingerprint density at radius 1 is 0.840 bits per heavy atom. The zero-order chi connectivity index (χ0) is 17.6. The topological polar surface area (TPSA) is 72.6 Å². The van der Waals surface area contributed by atoms with Gasteiger partial charge >= 0.3 is 0 Å². The molecule has 0 heterocycles. The largest absolute Gasteiger partial charge is 0.399 e. The lowest BCUT2D eigenvalue weighted by molar-refractivity contribution is 0.112. The van der Waals surface area contributed by atoms with Crippen LogP contribution in [0.1, 0.15) is 20.7 Å². The summed E-state index contributed by atoms with van der Waals surface area (Å²) in [5.74, 6) is 0.564.